The molecular formula is C20H25N3O. The van der Waals surface area contributed by atoms with Gasteiger partial charge < -0.3 is 9.80 Å². The molecule has 0 spiro atoms. The number of benzene rings is 1. The summed E-state index contributed by atoms with van der Waals surface area (Å²) in [5.74, 6) is 0.692. The molecule has 0 radical (unpaired) electrons. The zero-order valence-corrected chi connectivity index (χ0v) is 14.5. The summed E-state index contributed by atoms with van der Waals surface area (Å²) < 4.78 is 0. The first-order valence-corrected chi connectivity index (χ1v) is 8.58. The van der Waals surface area contributed by atoms with Crippen LogP contribution < -0.4 is 4.90 Å². The Labute approximate surface area is 144 Å². The highest BCUT2D eigenvalue weighted by Gasteiger charge is 2.24. The molecule has 1 aliphatic rings. The van der Waals surface area contributed by atoms with Crippen molar-refractivity contribution in [1.82, 2.24) is 9.88 Å². The van der Waals surface area contributed by atoms with E-state index in [2.05, 4.69) is 22.0 Å². The van der Waals surface area contributed by atoms with E-state index >= 15 is 0 Å². The van der Waals surface area contributed by atoms with E-state index in [0.29, 0.717) is 12.3 Å². The molecule has 1 amide bonds. The summed E-state index contributed by atoms with van der Waals surface area (Å²) in [5.41, 5.74) is 3.36. The first-order valence-electron chi connectivity index (χ1n) is 8.58. The van der Waals surface area contributed by atoms with Crippen molar-refractivity contribution < 1.29 is 4.79 Å². The van der Waals surface area contributed by atoms with Crippen molar-refractivity contribution in [1.29, 1.82) is 0 Å². The van der Waals surface area contributed by atoms with E-state index in [1.165, 1.54) is 0 Å². The van der Waals surface area contributed by atoms with Crippen molar-refractivity contribution in [2.75, 3.05) is 32.1 Å². The number of carbonyl (C=O) groups excluding carboxylic acids is 1. The second-order valence-corrected chi connectivity index (χ2v) is 6.65. The minimum atomic E-state index is 0.232. The predicted octanol–water partition coefficient (Wildman–Crippen LogP) is 3.10. The Kier molecular flexibility index (Phi) is 5.14. The van der Waals surface area contributed by atoms with Crippen LogP contribution in [0.25, 0.3) is 0 Å². The molecule has 0 N–H and O–H groups in total. The Hall–Kier alpha value is -2.36. The van der Waals surface area contributed by atoms with Crippen molar-refractivity contribution in [3.63, 3.8) is 0 Å². The number of amides is 1. The van der Waals surface area contributed by atoms with E-state index in [1.54, 1.807) is 0 Å². The van der Waals surface area contributed by atoms with E-state index in [9.17, 15) is 4.79 Å². The number of rotatable bonds is 4. The van der Waals surface area contributed by atoms with Crippen LogP contribution in [0.15, 0.2) is 48.7 Å². The molecule has 2 heterocycles. The number of nitrogens with zero attached hydrogens (tertiary/aromatic N) is 3. The fraction of sp³-hybridized carbons (Fsp3) is 0.400. The molecular weight excluding hydrogens is 298 g/mol. The van der Waals surface area contributed by atoms with Crippen molar-refractivity contribution >= 4 is 11.6 Å². The maximum absolute atomic E-state index is 12.4. The smallest absolute Gasteiger partial charge is 0.226 e. The lowest BCUT2D eigenvalue weighted by Gasteiger charge is -2.32. The Morgan fingerprint density at radius 2 is 1.83 bits per heavy atom. The van der Waals surface area contributed by atoms with Gasteiger partial charge in [0.2, 0.25) is 5.91 Å². The Balaban J connectivity index is 1.54. The van der Waals surface area contributed by atoms with E-state index in [-0.39, 0.29) is 5.91 Å². The third-order valence-corrected chi connectivity index (χ3v) is 4.75. The average molecular weight is 323 g/mol. The Bertz CT molecular complexity index is 659. The van der Waals surface area contributed by atoms with Crippen LogP contribution in [0.3, 0.4) is 0 Å². The maximum Gasteiger partial charge on any atom is 0.226 e. The number of anilines is 1. The standard InChI is InChI=1S/C20H25N3O/c1-22(2)18-8-9-19(21-15-18)17-10-12-23(13-11-17)20(24)14-16-6-4-3-5-7-16/h3-9,15,17H,10-14H2,1-2H3. The number of piperidine rings is 1. The third-order valence-electron chi connectivity index (χ3n) is 4.75. The largest absolute Gasteiger partial charge is 0.376 e. The molecule has 24 heavy (non-hydrogen) atoms. The molecule has 1 aromatic carbocycles. The van der Waals surface area contributed by atoms with Gasteiger partial charge in [-0.1, -0.05) is 30.3 Å². The molecule has 1 fully saturated rings. The summed E-state index contributed by atoms with van der Waals surface area (Å²) in [6, 6.07) is 14.2. The van der Waals surface area contributed by atoms with Gasteiger partial charge in [0.05, 0.1) is 18.3 Å². The number of pyridine rings is 1. The van der Waals surface area contributed by atoms with Gasteiger partial charge in [-0.05, 0) is 30.5 Å². The minimum absolute atomic E-state index is 0.232. The SMILES string of the molecule is CN(C)c1ccc(C2CCN(C(=O)Cc3ccccc3)CC2)nc1. The normalized spacial score (nSPS) is 15.3. The molecule has 0 aliphatic carbocycles. The van der Waals surface area contributed by atoms with Gasteiger partial charge in [-0.25, -0.2) is 0 Å². The fourth-order valence-electron chi connectivity index (χ4n) is 3.21. The van der Waals surface area contributed by atoms with Gasteiger partial charge in [-0.3, -0.25) is 9.78 Å². The number of hydrogen-bond acceptors (Lipinski definition) is 3. The van der Waals surface area contributed by atoms with Crippen LogP contribution in [0, 0.1) is 0 Å². The second kappa shape index (κ2) is 7.47. The van der Waals surface area contributed by atoms with Crippen molar-refractivity contribution in [2.45, 2.75) is 25.2 Å². The van der Waals surface area contributed by atoms with E-state index in [1.807, 2.05) is 55.5 Å². The van der Waals surface area contributed by atoms with Crippen molar-refractivity contribution in [3.8, 4) is 0 Å². The molecule has 1 saturated heterocycles. The lowest BCUT2D eigenvalue weighted by molar-refractivity contribution is -0.131. The summed E-state index contributed by atoms with van der Waals surface area (Å²) >= 11 is 0. The minimum Gasteiger partial charge on any atom is -0.376 e. The highest BCUT2D eigenvalue weighted by Crippen LogP contribution is 2.27. The highest BCUT2D eigenvalue weighted by atomic mass is 16.2. The molecule has 2 aromatic rings. The topological polar surface area (TPSA) is 36.4 Å². The van der Waals surface area contributed by atoms with Crippen molar-refractivity contribution in [2.24, 2.45) is 0 Å². The molecule has 3 rings (SSSR count). The first kappa shape index (κ1) is 16.5. The highest BCUT2D eigenvalue weighted by molar-refractivity contribution is 5.78. The Morgan fingerprint density at radius 1 is 1.12 bits per heavy atom. The zero-order chi connectivity index (χ0) is 16.9. The van der Waals surface area contributed by atoms with Gasteiger partial charge >= 0.3 is 0 Å². The summed E-state index contributed by atoms with van der Waals surface area (Å²) in [6.45, 7) is 1.65. The molecule has 0 atom stereocenters. The zero-order valence-electron chi connectivity index (χ0n) is 14.5. The lowest BCUT2D eigenvalue weighted by atomic mass is 9.92. The van der Waals surface area contributed by atoms with E-state index < -0.39 is 0 Å². The molecule has 0 saturated carbocycles. The maximum atomic E-state index is 12.4. The molecule has 4 heteroatoms. The number of aromatic nitrogens is 1. The van der Waals surface area contributed by atoms with E-state index in [4.69, 9.17) is 0 Å². The van der Waals surface area contributed by atoms with Crippen LogP contribution in [0.2, 0.25) is 0 Å². The van der Waals surface area contributed by atoms with Crippen LogP contribution in [0.5, 0.6) is 0 Å². The van der Waals surface area contributed by atoms with Gasteiger partial charge in [0.25, 0.3) is 0 Å². The van der Waals surface area contributed by atoms with Crippen LogP contribution >= 0.6 is 0 Å². The quantitative estimate of drug-likeness (QED) is 0.867. The molecule has 126 valence electrons. The van der Waals surface area contributed by atoms with Crippen molar-refractivity contribution in [3.05, 3.63) is 59.9 Å². The number of likely N-dealkylation sites (tertiary alicyclic amines) is 1. The van der Waals surface area contributed by atoms with Crippen LogP contribution in [-0.4, -0.2) is 43.0 Å². The summed E-state index contributed by atoms with van der Waals surface area (Å²) in [7, 11) is 4.04. The van der Waals surface area contributed by atoms with Gasteiger partial charge in [0.1, 0.15) is 0 Å². The van der Waals surface area contributed by atoms with Crippen LogP contribution in [-0.2, 0) is 11.2 Å². The number of carbonyl (C=O) groups is 1. The summed E-state index contributed by atoms with van der Waals surface area (Å²) in [6.07, 6.45) is 4.42. The average Bonchev–Trinajstić information content (AvgIpc) is 2.63. The number of hydrogen-bond donors (Lipinski definition) is 0. The molecule has 1 aliphatic heterocycles. The van der Waals surface area contributed by atoms with Gasteiger partial charge in [0.15, 0.2) is 0 Å². The van der Waals surface area contributed by atoms with Gasteiger partial charge in [0, 0.05) is 38.8 Å². The molecule has 0 unspecified atom stereocenters. The fourth-order valence-corrected chi connectivity index (χ4v) is 3.21. The lowest BCUT2D eigenvalue weighted by Crippen LogP contribution is -2.38. The molecule has 1 aromatic heterocycles. The Morgan fingerprint density at radius 3 is 2.42 bits per heavy atom. The van der Waals surface area contributed by atoms with Crippen LogP contribution in [0.1, 0.15) is 30.0 Å². The monoisotopic (exact) mass is 323 g/mol. The van der Waals surface area contributed by atoms with Crippen LogP contribution in [0.4, 0.5) is 5.69 Å². The summed E-state index contributed by atoms with van der Waals surface area (Å²) in [5, 5.41) is 0. The van der Waals surface area contributed by atoms with Gasteiger partial charge in [-0.2, -0.15) is 0 Å². The third kappa shape index (κ3) is 3.94. The summed E-state index contributed by atoms with van der Waals surface area (Å²) in [4.78, 5) is 21.1. The second-order valence-electron chi connectivity index (χ2n) is 6.65. The predicted molar refractivity (Wildman–Crippen MR) is 97.3 cm³/mol. The molecule has 0 bridgehead atoms. The van der Waals surface area contributed by atoms with E-state index in [0.717, 1.165) is 42.9 Å². The molecule has 4 nitrogen and oxygen atoms in total. The first-order chi connectivity index (χ1) is 11.6. The van der Waals surface area contributed by atoms with Gasteiger partial charge in [-0.15, -0.1) is 0 Å².